The van der Waals surface area contributed by atoms with Gasteiger partial charge in [0.05, 0.1) is 7.11 Å². The number of hydrogen-bond donors (Lipinski definition) is 2. The molecule has 1 aromatic heterocycles. The van der Waals surface area contributed by atoms with Gasteiger partial charge in [-0.25, -0.2) is 4.98 Å². The van der Waals surface area contributed by atoms with Crippen molar-refractivity contribution in [2.24, 2.45) is 0 Å². The van der Waals surface area contributed by atoms with E-state index in [1.165, 1.54) is 7.11 Å². The number of carbonyl (C=O) groups is 2. The first-order chi connectivity index (χ1) is 9.54. The number of hydrogen-bond acceptors (Lipinski definition) is 4. The fourth-order valence-corrected chi connectivity index (χ4v) is 1.74. The predicted molar refractivity (Wildman–Crippen MR) is 74.0 cm³/mol. The summed E-state index contributed by atoms with van der Waals surface area (Å²) in [5, 5.41) is 11.3. The lowest BCUT2D eigenvalue weighted by atomic mass is 10.2. The number of pyridine rings is 1. The van der Waals surface area contributed by atoms with Crippen LogP contribution in [0.5, 0.6) is 5.88 Å². The maximum Gasteiger partial charge on any atom is 0.303 e. The molecule has 0 spiro atoms. The molecule has 0 aliphatic rings. The van der Waals surface area contributed by atoms with Crippen molar-refractivity contribution in [1.82, 2.24) is 10.3 Å². The zero-order valence-electron chi connectivity index (χ0n) is 11.8. The van der Waals surface area contributed by atoms with Gasteiger partial charge in [0.2, 0.25) is 5.88 Å². The Balaban J connectivity index is 2.38. The van der Waals surface area contributed by atoms with E-state index >= 15 is 0 Å². The Morgan fingerprint density at radius 2 is 2.05 bits per heavy atom. The minimum Gasteiger partial charge on any atom is -0.481 e. The maximum atomic E-state index is 12.0. The second kappa shape index (κ2) is 8.14. The first-order valence-corrected chi connectivity index (χ1v) is 6.56. The van der Waals surface area contributed by atoms with Crippen molar-refractivity contribution in [2.75, 3.05) is 13.7 Å². The van der Waals surface area contributed by atoms with E-state index in [9.17, 15) is 9.59 Å². The number of methoxy groups -OCH3 is 1. The summed E-state index contributed by atoms with van der Waals surface area (Å²) in [5.74, 6) is -0.703. The molecule has 1 amide bonds. The predicted octanol–water partition coefficient (Wildman–Crippen LogP) is 1.77. The summed E-state index contributed by atoms with van der Waals surface area (Å²) in [4.78, 5) is 26.4. The number of ether oxygens (including phenoxy) is 1. The van der Waals surface area contributed by atoms with Crippen molar-refractivity contribution >= 4 is 11.9 Å². The molecule has 0 atom stereocenters. The lowest BCUT2D eigenvalue weighted by Crippen LogP contribution is -2.25. The molecule has 110 valence electrons. The van der Waals surface area contributed by atoms with Crippen molar-refractivity contribution < 1.29 is 19.4 Å². The Kier molecular flexibility index (Phi) is 6.49. The highest BCUT2D eigenvalue weighted by Crippen LogP contribution is 2.15. The smallest absolute Gasteiger partial charge is 0.303 e. The zero-order valence-corrected chi connectivity index (χ0v) is 11.8. The number of carboxylic acid groups (broad SMARTS) is 1. The van der Waals surface area contributed by atoms with Crippen molar-refractivity contribution in [3.05, 3.63) is 23.4 Å². The standard InChI is InChI=1S/C14H20N2O4/c1-10-7-8-11(14(16-10)20-2)13(19)15-9-5-3-4-6-12(17)18/h7-8H,3-6,9H2,1-2H3,(H,15,19)(H,17,18). The number of unbranched alkanes of at least 4 members (excludes halogenated alkanes) is 2. The number of amides is 1. The summed E-state index contributed by atoms with van der Waals surface area (Å²) < 4.78 is 5.08. The maximum absolute atomic E-state index is 12.0. The van der Waals surface area contributed by atoms with E-state index in [0.717, 1.165) is 18.5 Å². The van der Waals surface area contributed by atoms with E-state index in [4.69, 9.17) is 9.84 Å². The zero-order chi connectivity index (χ0) is 15.0. The first-order valence-electron chi connectivity index (χ1n) is 6.56. The number of aromatic nitrogens is 1. The summed E-state index contributed by atoms with van der Waals surface area (Å²) in [6.07, 6.45) is 2.32. The molecule has 0 unspecified atom stereocenters. The fraction of sp³-hybridized carbons (Fsp3) is 0.500. The summed E-state index contributed by atoms with van der Waals surface area (Å²) in [6, 6.07) is 3.44. The van der Waals surface area contributed by atoms with Crippen molar-refractivity contribution in [3.63, 3.8) is 0 Å². The monoisotopic (exact) mass is 280 g/mol. The van der Waals surface area contributed by atoms with Crippen molar-refractivity contribution in [1.29, 1.82) is 0 Å². The topological polar surface area (TPSA) is 88.5 Å². The van der Waals surface area contributed by atoms with Gasteiger partial charge in [0.1, 0.15) is 5.56 Å². The third-order valence-corrected chi connectivity index (χ3v) is 2.79. The molecule has 0 fully saturated rings. The van der Waals surface area contributed by atoms with E-state index in [-0.39, 0.29) is 12.3 Å². The Bertz CT molecular complexity index is 474. The van der Waals surface area contributed by atoms with Gasteiger partial charge in [-0.1, -0.05) is 6.42 Å². The van der Waals surface area contributed by atoms with Crippen LogP contribution < -0.4 is 10.1 Å². The van der Waals surface area contributed by atoms with Crippen LogP contribution in [-0.4, -0.2) is 35.6 Å². The van der Waals surface area contributed by atoms with Gasteiger partial charge in [0.15, 0.2) is 0 Å². The molecule has 1 aromatic rings. The molecule has 2 N–H and O–H groups in total. The molecule has 0 aliphatic carbocycles. The van der Waals surface area contributed by atoms with Gasteiger partial charge >= 0.3 is 5.97 Å². The SMILES string of the molecule is COc1nc(C)ccc1C(=O)NCCCCCC(=O)O. The quantitative estimate of drug-likeness (QED) is 0.708. The van der Waals surface area contributed by atoms with Gasteiger partial charge in [-0.2, -0.15) is 0 Å². The molecule has 20 heavy (non-hydrogen) atoms. The molecule has 0 aliphatic heterocycles. The van der Waals surface area contributed by atoms with Gasteiger partial charge in [-0.3, -0.25) is 9.59 Å². The molecule has 6 nitrogen and oxygen atoms in total. The molecule has 0 saturated heterocycles. The third kappa shape index (κ3) is 5.26. The number of nitrogens with one attached hydrogen (secondary N) is 1. The highest BCUT2D eigenvalue weighted by atomic mass is 16.5. The minimum absolute atomic E-state index is 0.170. The van der Waals surface area contributed by atoms with E-state index in [1.807, 2.05) is 6.92 Å². The lowest BCUT2D eigenvalue weighted by molar-refractivity contribution is -0.137. The Morgan fingerprint density at radius 3 is 2.70 bits per heavy atom. The summed E-state index contributed by atoms with van der Waals surface area (Å²) >= 11 is 0. The summed E-state index contributed by atoms with van der Waals surface area (Å²) in [5.41, 5.74) is 1.19. The fourth-order valence-electron chi connectivity index (χ4n) is 1.74. The van der Waals surface area contributed by atoms with Crippen LogP contribution in [-0.2, 0) is 4.79 Å². The molecular weight excluding hydrogens is 260 g/mol. The van der Waals surface area contributed by atoms with Gasteiger partial charge < -0.3 is 15.2 Å². The van der Waals surface area contributed by atoms with E-state index in [2.05, 4.69) is 10.3 Å². The molecule has 6 heteroatoms. The van der Waals surface area contributed by atoms with Crippen LogP contribution in [0.4, 0.5) is 0 Å². The second-order valence-corrected chi connectivity index (χ2v) is 4.47. The van der Waals surface area contributed by atoms with E-state index in [1.54, 1.807) is 12.1 Å². The molecule has 0 bridgehead atoms. The largest absolute Gasteiger partial charge is 0.481 e. The molecule has 1 rings (SSSR count). The van der Waals surface area contributed by atoms with E-state index < -0.39 is 5.97 Å². The number of rotatable bonds is 8. The summed E-state index contributed by atoms with van der Waals surface area (Å²) in [7, 11) is 1.48. The van der Waals surface area contributed by atoms with E-state index in [0.29, 0.717) is 24.4 Å². The van der Waals surface area contributed by atoms with Gasteiger partial charge in [-0.15, -0.1) is 0 Å². The highest BCUT2D eigenvalue weighted by molar-refractivity contribution is 5.96. The van der Waals surface area contributed by atoms with Gasteiger partial charge in [0, 0.05) is 18.7 Å². The third-order valence-electron chi connectivity index (χ3n) is 2.79. The Labute approximate surface area is 118 Å². The lowest BCUT2D eigenvalue weighted by Gasteiger charge is -2.09. The van der Waals surface area contributed by atoms with Crippen LogP contribution in [0.25, 0.3) is 0 Å². The number of carbonyl (C=O) groups excluding carboxylic acids is 1. The highest BCUT2D eigenvalue weighted by Gasteiger charge is 2.12. The minimum atomic E-state index is -0.787. The average Bonchev–Trinajstić information content (AvgIpc) is 2.41. The van der Waals surface area contributed by atoms with Crippen LogP contribution in [0, 0.1) is 6.92 Å². The Morgan fingerprint density at radius 1 is 1.30 bits per heavy atom. The van der Waals surface area contributed by atoms with Gasteiger partial charge in [0.25, 0.3) is 5.91 Å². The molecule has 1 heterocycles. The molecule has 0 saturated carbocycles. The van der Waals surface area contributed by atoms with Crippen LogP contribution in [0.15, 0.2) is 12.1 Å². The van der Waals surface area contributed by atoms with Crippen molar-refractivity contribution in [3.8, 4) is 5.88 Å². The molecular formula is C14H20N2O4. The first kappa shape index (κ1) is 15.9. The number of nitrogens with zero attached hydrogens (tertiary/aromatic N) is 1. The normalized spacial score (nSPS) is 10.1. The molecule has 0 aromatic carbocycles. The van der Waals surface area contributed by atoms with Crippen LogP contribution in [0.1, 0.15) is 41.7 Å². The number of carboxylic acids is 1. The van der Waals surface area contributed by atoms with Gasteiger partial charge in [-0.05, 0) is 31.9 Å². The average molecular weight is 280 g/mol. The van der Waals surface area contributed by atoms with Crippen LogP contribution in [0.2, 0.25) is 0 Å². The van der Waals surface area contributed by atoms with Crippen molar-refractivity contribution in [2.45, 2.75) is 32.6 Å². The van der Waals surface area contributed by atoms with Crippen LogP contribution in [0.3, 0.4) is 0 Å². The Hall–Kier alpha value is -2.11. The number of aliphatic carboxylic acids is 1. The summed E-state index contributed by atoms with van der Waals surface area (Å²) in [6.45, 7) is 2.34. The molecule has 0 radical (unpaired) electrons. The van der Waals surface area contributed by atoms with Crippen LogP contribution >= 0.6 is 0 Å². The number of aryl methyl sites for hydroxylation is 1. The second-order valence-electron chi connectivity index (χ2n) is 4.47.